The van der Waals surface area contributed by atoms with Gasteiger partial charge in [-0.3, -0.25) is 18.7 Å². The first-order valence-corrected chi connectivity index (χ1v) is 11.0. The molecule has 2 heterocycles. The van der Waals surface area contributed by atoms with Crippen LogP contribution < -0.4 is 16.6 Å². The summed E-state index contributed by atoms with van der Waals surface area (Å²) in [5, 5.41) is 2.95. The summed E-state index contributed by atoms with van der Waals surface area (Å²) < 4.78 is 7.85. The summed E-state index contributed by atoms with van der Waals surface area (Å²) in [6.07, 6.45) is 0. The number of aromatic nitrogens is 2. The minimum Gasteiger partial charge on any atom is -0.457 e. The van der Waals surface area contributed by atoms with E-state index in [-0.39, 0.29) is 29.3 Å². The second-order valence-corrected chi connectivity index (χ2v) is 8.53. The van der Waals surface area contributed by atoms with E-state index in [9.17, 15) is 19.2 Å². The van der Waals surface area contributed by atoms with Crippen LogP contribution in [0.1, 0.15) is 27.7 Å². The van der Waals surface area contributed by atoms with Crippen molar-refractivity contribution in [3.8, 4) is 0 Å². The molecule has 4 rings (SSSR count). The lowest BCUT2D eigenvalue weighted by molar-refractivity contribution is -0.114. The van der Waals surface area contributed by atoms with Crippen LogP contribution in [-0.4, -0.2) is 21.0 Å². The van der Waals surface area contributed by atoms with Crippen molar-refractivity contribution in [3.63, 3.8) is 0 Å². The molecular weight excluding hydrogens is 442 g/mol. The van der Waals surface area contributed by atoms with Crippen LogP contribution in [-0.2, 0) is 29.7 Å². The quantitative estimate of drug-likeness (QED) is 0.443. The van der Waals surface area contributed by atoms with E-state index in [1.165, 1.54) is 17.6 Å². The van der Waals surface area contributed by atoms with Gasteiger partial charge in [-0.15, -0.1) is 11.3 Å². The summed E-state index contributed by atoms with van der Waals surface area (Å²) in [6, 6.07) is 17.6. The first-order chi connectivity index (χ1) is 15.8. The molecule has 0 saturated carbocycles. The predicted molar refractivity (Wildman–Crippen MR) is 127 cm³/mol. The number of benzene rings is 2. The highest BCUT2D eigenvalue weighted by molar-refractivity contribution is 7.20. The summed E-state index contributed by atoms with van der Waals surface area (Å²) >= 11 is 1.05. The summed E-state index contributed by atoms with van der Waals surface area (Å²) in [5.74, 6) is -0.735. The Morgan fingerprint density at radius 2 is 1.70 bits per heavy atom. The number of amides is 1. The smallest absolute Gasteiger partial charge is 0.348 e. The Morgan fingerprint density at radius 1 is 1.00 bits per heavy atom. The SMILES string of the molecule is CC(=O)Nc1ccc(Cn2c(=O)c3cc(C(=O)OCc4ccccc4)sc3n(C)c2=O)cc1. The minimum absolute atomic E-state index is 0.0609. The lowest BCUT2D eigenvalue weighted by atomic mass is 10.2. The summed E-state index contributed by atoms with van der Waals surface area (Å²) in [4.78, 5) is 50.3. The molecule has 1 amide bonds. The number of ether oxygens (including phenoxy) is 1. The summed E-state index contributed by atoms with van der Waals surface area (Å²) in [7, 11) is 1.57. The predicted octanol–water partition coefficient (Wildman–Crippen LogP) is 3.13. The molecule has 0 atom stereocenters. The monoisotopic (exact) mass is 463 g/mol. The highest BCUT2D eigenvalue weighted by Crippen LogP contribution is 2.23. The molecule has 0 unspecified atom stereocenters. The van der Waals surface area contributed by atoms with Crippen molar-refractivity contribution in [1.29, 1.82) is 0 Å². The molecule has 0 aliphatic carbocycles. The fraction of sp³-hybridized carbons (Fsp3) is 0.167. The molecule has 33 heavy (non-hydrogen) atoms. The van der Waals surface area contributed by atoms with Gasteiger partial charge in [-0.05, 0) is 29.3 Å². The molecule has 0 saturated heterocycles. The number of thiophene rings is 1. The standard InChI is InChI=1S/C24H21N3O5S/c1-15(28)25-18-10-8-16(9-11-18)13-27-21(29)19-12-20(33-22(19)26(2)24(27)31)23(30)32-14-17-6-4-3-5-7-17/h3-12H,13-14H2,1-2H3,(H,25,28). The zero-order valence-electron chi connectivity index (χ0n) is 18.0. The van der Waals surface area contributed by atoms with Gasteiger partial charge in [0.2, 0.25) is 5.91 Å². The van der Waals surface area contributed by atoms with Gasteiger partial charge in [0.15, 0.2) is 0 Å². The van der Waals surface area contributed by atoms with Crippen LogP contribution in [0.2, 0.25) is 0 Å². The molecule has 0 spiro atoms. The normalized spacial score (nSPS) is 10.8. The number of nitrogens with one attached hydrogen (secondary N) is 1. The van der Waals surface area contributed by atoms with E-state index in [0.29, 0.717) is 10.5 Å². The Bertz CT molecular complexity index is 1450. The topological polar surface area (TPSA) is 99.4 Å². The molecule has 9 heteroatoms. The maximum atomic E-state index is 13.1. The zero-order chi connectivity index (χ0) is 23.5. The molecular formula is C24H21N3O5S. The van der Waals surface area contributed by atoms with Gasteiger partial charge in [0.05, 0.1) is 11.9 Å². The maximum Gasteiger partial charge on any atom is 0.348 e. The average Bonchev–Trinajstić information content (AvgIpc) is 3.26. The third-order valence-electron chi connectivity index (χ3n) is 5.04. The summed E-state index contributed by atoms with van der Waals surface area (Å²) in [5.41, 5.74) is 1.24. The van der Waals surface area contributed by atoms with Crippen molar-refractivity contribution in [1.82, 2.24) is 9.13 Å². The zero-order valence-corrected chi connectivity index (χ0v) is 18.8. The largest absolute Gasteiger partial charge is 0.457 e. The van der Waals surface area contributed by atoms with Crippen molar-refractivity contribution >= 4 is 39.1 Å². The highest BCUT2D eigenvalue weighted by Gasteiger charge is 2.19. The molecule has 1 N–H and O–H groups in total. The Hall–Kier alpha value is -3.98. The number of carbonyl (C=O) groups is 2. The first kappa shape index (κ1) is 22.2. The number of aryl methyl sites for hydroxylation is 1. The van der Waals surface area contributed by atoms with Crippen molar-refractivity contribution in [3.05, 3.63) is 97.5 Å². The Kier molecular flexibility index (Phi) is 6.23. The number of hydrogen-bond donors (Lipinski definition) is 1. The van der Waals surface area contributed by atoms with Crippen LogP contribution in [0.15, 0.2) is 70.3 Å². The minimum atomic E-state index is -0.549. The fourth-order valence-electron chi connectivity index (χ4n) is 3.40. The molecule has 0 aliphatic heterocycles. The van der Waals surface area contributed by atoms with Gasteiger partial charge in [-0.2, -0.15) is 0 Å². The van der Waals surface area contributed by atoms with Crippen LogP contribution in [0.3, 0.4) is 0 Å². The van der Waals surface area contributed by atoms with Crippen molar-refractivity contribution in [2.45, 2.75) is 20.1 Å². The second-order valence-electron chi connectivity index (χ2n) is 7.50. The number of carbonyl (C=O) groups excluding carboxylic acids is 2. The van der Waals surface area contributed by atoms with Crippen molar-refractivity contribution in [2.24, 2.45) is 7.05 Å². The van der Waals surface area contributed by atoms with Crippen LogP contribution in [0, 0.1) is 0 Å². The lowest BCUT2D eigenvalue weighted by Crippen LogP contribution is -2.38. The Balaban J connectivity index is 1.61. The molecule has 8 nitrogen and oxygen atoms in total. The maximum absolute atomic E-state index is 13.1. The van der Waals surface area contributed by atoms with Crippen LogP contribution in [0.25, 0.3) is 10.2 Å². The van der Waals surface area contributed by atoms with E-state index in [1.807, 2.05) is 30.3 Å². The molecule has 0 aliphatic rings. The molecule has 168 valence electrons. The first-order valence-electron chi connectivity index (χ1n) is 10.1. The number of rotatable bonds is 6. The van der Waals surface area contributed by atoms with Gasteiger partial charge in [0.1, 0.15) is 16.3 Å². The third kappa shape index (κ3) is 4.78. The third-order valence-corrected chi connectivity index (χ3v) is 6.23. The van der Waals surface area contributed by atoms with Gasteiger partial charge < -0.3 is 10.1 Å². The van der Waals surface area contributed by atoms with E-state index in [2.05, 4.69) is 5.32 Å². The van der Waals surface area contributed by atoms with Crippen LogP contribution in [0.5, 0.6) is 0 Å². The number of fused-ring (bicyclic) bond motifs is 1. The van der Waals surface area contributed by atoms with E-state index in [0.717, 1.165) is 27.0 Å². The van der Waals surface area contributed by atoms with Crippen LogP contribution >= 0.6 is 11.3 Å². The highest BCUT2D eigenvalue weighted by atomic mass is 32.1. The van der Waals surface area contributed by atoms with Gasteiger partial charge in [0, 0.05) is 19.7 Å². The summed E-state index contributed by atoms with van der Waals surface area (Å²) in [6.45, 7) is 1.59. The molecule has 0 bridgehead atoms. The van der Waals surface area contributed by atoms with E-state index in [4.69, 9.17) is 4.74 Å². The van der Waals surface area contributed by atoms with Crippen molar-refractivity contribution < 1.29 is 14.3 Å². The van der Waals surface area contributed by atoms with Gasteiger partial charge in [-0.25, -0.2) is 9.59 Å². The van der Waals surface area contributed by atoms with Crippen molar-refractivity contribution in [2.75, 3.05) is 5.32 Å². The van der Waals surface area contributed by atoms with Gasteiger partial charge in [0.25, 0.3) is 5.56 Å². The van der Waals surface area contributed by atoms with E-state index < -0.39 is 17.2 Å². The van der Waals surface area contributed by atoms with E-state index >= 15 is 0 Å². The number of nitrogens with zero attached hydrogens (tertiary/aromatic N) is 2. The molecule has 0 fully saturated rings. The van der Waals surface area contributed by atoms with Crippen LogP contribution in [0.4, 0.5) is 5.69 Å². The average molecular weight is 464 g/mol. The number of esters is 1. The number of hydrogen-bond acceptors (Lipinski definition) is 6. The van der Waals surface area contributed by atoms with E-state index in [1.54, 1.807) is 31.3 Å². The van der Waals surface area contributed by atoms with Gasteiger partial charge >= 0.3 is 11.7 Å². The fourth-order valence-corrected chi connectivity index (χ4v) is 4.40. The lowest BCUT2D eigenvalue weighted by Gasteiger charge is -2.09. The Labute approximate surface area is 192 Å². The second kappa shape index (κ2) is 9.25. The molecule has 0 radical (unpaired) electrons. The van der Waals surface area contributed by atoms with Gasteiger partial charge in [-0.1, -0.05) is 42.5 Å². The molecule has 2 aromatic heterocycles. The Morgan fingerprint density at radius 3 is 2.36 bits per heavy atom. The molecule has 2 aromatic carbocycles. The molecule has 4 aromatic rings. The number of anilines is 1.